The standard InChI is InChI=1S/C50H33NO/c1-3-12-34(13-4-1)38-18-9-19-42(30-38)51(43-29-26-39-33-49-47(32-40(39)31-43)46-20-7-8-23-48(46)52-49)41-27-24-36(25-28-41)45-22-11-17-37-16-10-21-44(50(37)45)35-14-5-2-6-15-35/h1-33H. The molecule has 52 heavy (non-hydrogen) atoms. The lowest BCUT2D eigenvalue weighted by Gasteiger charge is -2.27. The van der Waals surface area contributed by atoms with Crippen molar-refractivity contribution in [3.05, 3.63) is 200 Å². The zero-order valence-electron chi connectivity index (χ0n) is 28.4. The van der Waals surface area contributed by atoms with E-state index in [2.05, 4.69) is 193 Å². The first-order chi connectivity index (χ1) is 25.8. The Kier molecular flexibility index (Phi) is 7.18. The summed E-state index contributed by atoms with van der Waals surface area (Å²) in [5.74, 6) is 0. The molecular weight excluding hydrogens is 631 g/mol. The molecule has 9 aromatic carbocycles. The van der Waals surface area contributed by atoms with Crippen LogP contribution in [0, 0.1) is 0 Å². The Morgan fingerprint density at radius 2 is 0.923 bits per heavy atom. The van der Waals surface area contributed by atoms with Crippen molar-refractivity contribution in [2.45, 2.75) is 0 Å². The maximum absolute atomic E-state index is 6.23. The third kappa shape index (κ3) is 5.21. The SMILES string of the molecule is c1ccc(-c2cccc(N(c3ccc(-c4cccc5cccc(-c6ccccc6)c45)cc3)c3ccc4cc5oc6ccccc6c5cc4c3)c2)cc1. The lowest BCUT2D eigenvalue weighted by Crippen LogP contribution is -2.10. The van der Waals surface area contributed by atoms with E-state index in [1.165, 1.54) is 49.5 Å². The summed E-state index contributed by atoms with van der Waals surface area (Å²) < 4.78 is 6.23. The molecule has 0 unspecified atom stereocenters. The van der Waals surface area contributed by atoms with Crippen LogP contribution in [0.4, 0.5) is 17.1 Å². The predicted molar refractivity (Wildman–Crippen MR) is 220 cm³/mol. The average Bonchev–Trinajstić information content (AvgIpc) is 3.58. The van der Waals surface area contributed by atoms with Gasteiger partial charge in [0.15, 0.2) is 0 Å². The van der Waals surface area contributed by atoms with E-state index in [0.717, 1.165) is 44.4 Å². The molecule has 0 saturated heterocycles. The largest absolute Gasteiger partial charge is 0.456 e. The van der Waals surface area contributed by atoms with Gasteiger partial charge in [0.2, 0.25) is 0 Å². The molecule has 10 rings (SSSR count). The molecule has 2 heteroatoms. The summed E-state index contributed by atoms with van der Waals surface area (Å²) in [6.45, 7) is 0. The van der Waals surface area contributed by atoms with Gasteiger partial charge >= 0.3 is 0 Å². The molecule has 0 N–H and O–H groups in total. The smallest absolute Gasteiger partial charge is 0.136 e. The highest BCUT2D eigenvalue weighted by molar-refractivity contribution is 6.11. The second kappa shape index (κ2) is 12.5. The first-order valence-corrected chi connectivity index (χ1v) is 17.8. The first-order valence-electron chi connectivity index (χ1n) is 17.8. The molecule has 0 spiro atoms. The minimum atomic E-state index is 0.910. The lowest BCUT2D eigenvalue weighted by atomic mass is 9.91. The molecule has 0 radical (unpaired) electrons. The summed E-state index contributed by atoms with van der Waals surface area (Å²) in [5, 5.41) is 7.08. The third-order valence-corrected chi connectivity index (χ3v) is 10.2. The fraction of sp³-hybridized carbons (Fsp3) is 0. The number of fused-ring (bicyclic) bond motifs is 5. The summed E-state index contributed by atoms with van der Waals surface area (Å²) in [7, 11) is 0. The van der Waals surface area contributed by atoms with Crippen LogP contribution < -0.4 is 4.90 Å². The molecule has 0 fully saturated rings. The van der Waals surface area contributed by atoms with Gasteiger partial charge in [-0.15, -0.1) is 0 Å². The van der Waals surface area contributed by atoms with E-state index in [-0.39, 0.29) is 0 Å². The number of rotatable bonds is 6. The Balaban J connectivity index is 1.13. The van der Waals surface area contributed by atoms with Crippen LogP contribution in [0.2, 0.25) is 0 Å². The van der Waals surface area contributed by atoms with Crippen LogP contribution in [0.1, 0.15) is 0 Å². The molecule has 0 atom stereocenters. The Labute approximate surface area is 302 Å². The topological polar surface area (TPSA) is 16.4 Å². The van der Waals surface area contributed by atoms with Crippen molar-refractivity contribution in [2.24, 2.45) is 0 Å². The number of nitrogens with zero attached hydrogens (tertiary/aromatic N) is 1. The lowest BCUT2D eigenvalue weighted by molar-refractivity contribution is 0.669. The van der Waals surface area contributed by atoms with Gasteiger partial charge in [-0.25, -0.2) is 0 Å². The Morgan fingerprint density at radius 3 is 1.69 bits per heavy atom. The maximum Gasteiger partial charge on any atom is 0.136 e. The minimum Gasteiger partial charge on any atom is -0.456 e. The van der Waals surface area contributed by atoms with E-state index in [0.29, 0.717) is 0 Å². The zero-order chi connectivity index (χ0) is 34.4. The van der Waals surface area contributed by atoms with E-state index in [1.54, 1.807) is 0 Å². The minimum absolute atomic E-state index is 0.910. The quantitative estimate of drug-likeness (QED) is 0.176. The van der Waals surface area contributed by atoms with Gasteiger partial charge in [0.25, 0.3) is 0 Å². The molecule has 2 nitrogen and oxygen atoms in total. The van der Waals surface area contributed by atoms with Gasteiger partial charge in [-0.1, -0.05) is 146 Å². The zero-order valence-corrected chi connectivity index (χ0v) is 28.4. The van der Waals surface area contributed by atoms with Gasteiger partial charge in [0.1, 0.15) is 11.2 Å². The summed E-state index contributed by atoms with van der Waals surface area (Å²) in [6.07, 6.45) is 0. The van der Waals surface area contributed by atoms with Gasteiger partial charge in [-0.05, 0) is 110 Å². The van der Waals surface area contributed by atoms with Crippen molar-refractivity contribution >= 4 is 60.5 Å². The number of hydrogen-bond acceptors (Lipinski definition) is 2. The number of benzene rings is 9. The molecular formula is C50H33NO. The van der Waals surface area contributed by atoms with E-state index >= 15 is 0 Å². The van der Waals surface area contributed by atoms with Gasteiger partial charge < -0.3 is 9.32 Å². The normalized spacial score (nSPS) is 11.5. The molecule has 10 aromatic rings. The van der Waals surface area contributed by atoms with Crippen LogP contribution >= 0.6 is 0 Å². The molecule has 0 amide bonds. The van der Waals surface area contributed by atoms with Crippen molar-refractivity contribution < 1.29 is 4.42 Å². The van der Waals surface area contributed by atoms with E-state index in [9.17, 15) is 0 Å². The Hall–Kier alpha value is -6.90. The monoisotopic (exact) mass is 663 g/mol. The molecule has 244 valence electrons. The highest BCUT2D eigenvalue weighted by Gasteiger charge is 2.17. The van der Waals surface area contributed by atoms with Crippen LogP contribution in [0.15, 0.2) is 205 Å². The van der Waals surface area contributed by atoms with Crippen molar-refractivity contribution in [1.82, 2.24) is 0 Å². The second-order valence-electron chi connectivity index (χ2n) is 13.4. The number of anilines is 3. The van der Waals surface area contributed by atoms with Crippen molar-refractivity contribution in [3.63, 3.8) is 0 Å². The van der Waals surface area contributed by atoms with Gasteiger partial charge in [-0.2, -0.15) is 0 Å². The van der Waals surface area contributed by atoms with Crippen LogP contribution in [0.3, 0.4) is 0 Å². The summed E-state index contributed by atoms with van der Waals surface area (Å²) in [4.78, 5) is 2.37. The third-order valence-electron chi connectivity index (χ3n) is 10.2. The molecule has 1 aromatic heterocycles. The highest BCUT2D eigenvalue weighted by Crippen LogP contribution is 2.42. The molecule has 0 aliphatic heterocycles. The Morgan fingerprint density at radius 1 is 0.308 bits per heavy atom. The number of para-hydroxylation sites is 1. The highest BCUT2D eigenvalue weighted by atomic mass is 16.3. The first kappa shape index (κ1) is 30.0. The predicted octanol–water partition coefficient (Wildman–Crippen LogP) is 14.4. The molecule has 0 saturated carbocycles. The van der Waals surface area contributed by atoms with Crippen molar-refractivity contribution in [1.29, 1.82) is 0 Å². The molecule has 0 bridgehead atoms. The average molecular weight is 664 g/mol. The maximum atomic E-state index is 6.23. The van der Waals surface area contributed by atoms with Gasteiger partial charge in [0, 0.05) is 27.8 Å². The van der Waals surface area contributed by atoms with E-state index in [4.69, 9.17) is 4.42 Å². The van der Waals surface area contributed by atoms with Crippen molar-refractivity contribution in [2.75, 3.05) is 4.90 Å². The van der Waals surface area contributed by atoms with Crippen LogP contribution in [0.25, 0.3) is 76.9 Å². The van der Waals surface area contributed by atoms with Gasteiger partial charge in [0.05, 0.1) is 0 Å². The van der Waals surface area contributed by atoms with E-state index in [1.807, 2.05) is 12.1 Å². The summed E-state index contributed by atoms with van der Waals surface area (Å²) >= 11 is 0. The second-order valence-corrected chi connectivity index (χ2v) is 13.4. The summed E-state index contributed by atoms with van der Waals surface area (Å²) in [6, 6.07) is 71.8. The number of furan rings is 1. The van der Waals surface area contributed by atoms with E-state index < -0.39 is 0 Å². The molecule has 0 aliphatic rings. The fourth-order valence-electron chi connectivity index (χ4n) is 7.73. The van der Waals surface area contributed by atoms with Crippen molar-refractivity contribution in [3.8, 4) is 33.4 Å². The molecule has 1 heterocycles. The van der Waals surface area contributed by atoms with Crippen LogP contribution in [0.5, 0.6) is 0 Å². The van der Waals surface area contributed by atoms with Gasteiger partial charge in [-0.3, -0.25) is 0 Å². The summed E-state index contributed by atoms with van der Waals surface area (Å²) in [5.41, 5.74) is 12.3. The number of hydrogen-bond donors (Lipinski definition) is 0. The van der Waals surface area contributed by atoms with Crippen LogP contribution in [-0.4, -0.2) is 0 Å². The Bertz CT molecular complexity index is 2880. The van der Waals surface area contributed by atoms with Crippen LogP contribution in [-0.2, 0) is 0 Å². The fourth-order valence-corrected chi connectivity index (χ4v) is 7.73. The molecule has 0 aliphatic carbocycles.